The molecule has 0 unspecified atom stereocenters. The second kappa shape index (κ2) is 7.82. The van der Waals surface area contributed by atoms with Gasteiger partial charge in [-0.3, -0.25) is 5.10 Å². The molecule has 2 N–H and O–H groups in total. The molecule has 5 rings (SSSR count). The van der Waals surface area contributed by atoms with Crippen molar-refractivity contribution < 1.29 is 8.78 Å². The van der Waals surface area contributed by atoms with Crippen LogP contribution in [-0.4, -0.2) is 44.3 Å². The third-order valence-electron chi connectivity index (χ3n) is 6.10. The number of H-pyrrole nitrogens is 1. The molecule has 0 saturated carbocycles. The molecule has 4 aromatic rings. The van der Waals surface area contributed by atoms with Crippen LogP contribution >= 0.6 is 22.7 Å². The molecule has 0 radical (unpaired) electrons. The molecule has 6 nitrogen and oxygen atoms in total. The van der Waals surface area contributed by atoms with Crippen LogP contribution in [0.25, 0.3) is 31.4 Å². The lowest BCUT2D eigenvalue weighted by atomic mass is 9.79. The lowest BCUT2D eigenvalue weighted by molar-refractivity contribution is 0.161. The van der Waals surface area contributed by atoms with Crippen molar-refractivity contribution in [2.75, 3.05) is 11.9 Å². The van der Waals surface area contributed by atoms with Crippen LogP contribution in [0, 0.1) is 11.6 Å². The summed E-state index contributed by atoms with van der Waals surface area (Å²) >= 11 is 2.78. The summed E-state index contributed by atoms with van der Waals surface area (Å²) < 4.78 is 29.6. The average Bonchev–Trinajstić information content (AvgIpc) is 3.43. The van der Waals surface area contributed by atoms with Crippen LogP contribution in [0.1, 0.15) is 40.5 Å². The summed E-state index contributed by atoms with van der Waals surface area (Å²) in [6, 6.07) is 3.47. The van der Waals surface area contributed by atoms with Gasteiger partial charge in [-0.25, -0.2) is 18.7 Å². The highest BCUT2D eigenvalue weighted by Crippen LogP contribution is 2.40. The first-order chi connectivity index (χ1) is 15.5. The zero-order chi connectivity index (χ0) is 23.5. The maximum Gasteiger partial charge on any atom is 0.188 e. The van der Waals surface area contributed by atoms with Gasteiger partial charge in [0.1, 0.15) is 5.01 Å². The molecule has 10 heteroatoms. The lowest BCUT2D eigenvalue weighted by Crippen LogP contribution is -2.61. The number of rotatable bonds is 4. The molecule has 1 aromatic carbocycles. The molecule has 174 valence electrons. The fourth-order valence-electron chi connectivity index (χ4n) is 4.93. The van der Waals surface area contributed by atoms with Crippen LogP contribution in [0.15, 0.2) is 24.5 Å². The Morgan fingerprint density at radius 1 is 0.970 bits per heavy atom. The molecule has 33 heavy (non-hydrogen) atoms. The Morgan fingerprint density at radius 3 is 2.24 bits per heavy atom. The van der Waals surface area contributed by atoms with Gasteiger partial charge in [0.25, 0.3) is 0 Å². The minimum absolute atomic E-state index is 0.0327. The van der Waals surface area contributed by atoms with Gasteiger partial charge in [-0.2, -0.15) is 5.10 Å². The fraction of sp³-hybridized carbons (Fsp3) is 0.435. The smallest absolute Gasteiger partial charge is 0.188 e. The van der Waals surface area contributed by atoms with E-state index in [1.807, 2.05) is 0 Å². The Hall–Kier alpha value is -2.43. The molecule has 1 saturated heterocycles. The first kappa shape index (κ1) is 22.4. The van der Waals surface area contributed by atoms with E-state index in [0.29, 0.717) is 16.6 Å². The molecule has 0 aliphatic carbocycles. The van der Waals surface area contributed by atoms with Gasteiger partial charge in [-0.15, -0.1) is 0 Å². The molecule has 1 fully saturated rings. The summed E-state index contributed by atoms with van der Waals surface area (Å²) in [5.41, 5.74) is 0.872. The highest BCUT2D eigenvalue weighted by Gasteiger charge is 2.39. The second-order valence-corrected chi connectivity index (χ2v) is 11.9. The van der Waals surface area contributed by atoms with E-state index in [0.717, 1.165) is 27.6 Å². The summed E-state index contributed by atoms with van der Waals surface area (Å²) in [6.45, 7) is 8.92. The number of halogens is 2. The molecule has 0 bridgehead atoms. The van der Waals surface area contributed by atoms with Crippen LogP contribution in [-0.2, 0) is 0 Å². The van der Waals surface area contributed by atoms with E-state index in [2.05, 4.69) is 60.1 Å². The third-order valence-corrected chi connectivity index (χ3v) is 8.26. The molecule has 1 aliphatic rings. The first-order valence-electron chi connectivity index (χ1n) is 10.8. The number of aromatic nitrogens is 4. The van der Waals surface area contributed by atoms with Crippen molar-refractivity contribution in [3.8, 4) is 21.7 Å². The summed E-state index contributed by atoms with van der Waals surface area (Å²) in [5.74, 6) is -1.82. The first-order valence-corrected chi connectivity index (χ1v) is 12.4. The number of nitrogens with one attached hydrogen (secondary N) is 2. The second-order valence-electron chi connectivity index (χ2n) is 9.97. The summed E-state index contributed by atoms with van der Waals surface area (Å²) in [7, 11) is 2.08. The molecular weight excluding hydrogens is 462 g/mol. The van der Waals surface area contributed by atoms with Crippen molar-refractivity contribution in [2.24, 2.45) is 0 Å². The predicted molar refractivity (Wildman–Crippen MR) is 131 cm³/mol. The van der Waals surface area contributed by atoms with Crippen LogP contribution in [0.2, 0.25) is 0 Å². The quantitative estimate of drug-likeness (QED) is 0.378. The minimum Gasteiger partial charge on any atom is -0.348 e. The van der Waals surface area contributed by atoms with Gasteiger partial charge < -0.3 is 10.2 Å². The number of piperidine rings is 1. The van der Waals surface area contributed by atoms with Crippen LogP contribution in [0.3, 0.4) is 0 Å². The number of aromatic amines is 1. The predicted octanol–water partition coefficient (Wildman–Crippen LogP) is 5.83. The average molecular weight is 489 g/mol. The maximum absolute atomic E-state index is 14.9. The van der Waals surface area contributed by atoms with E-state index < -0.39 is 11.6 Å². The standard InChI is InChI=1S/C23H26F2N6S2/c1-22(2)8-13(9-23(3,4)30-22)31(5)21-29-20-19(33-21)28-18(32-20)15-7-6-14(16(24)17(15)25)12-10-26-27-11-12/h6-7,10-11,13,30H,8-9H2,1-5H3,(H,26,27). The Balaban J connectivity index is 1.43. The lowest BCUT2D eigenvalue weighted by Gasteiger charge is -2.48. The van der Waals surface area contributed by atoms with E-state index in [1.54, 1.807) is 12.1 Å². The number of thiazole rings is 2. The van der Waals surface area contributed by atoms with E-state index >= 15 is 0 Å². The highest BCUT2D eigenvalue weighted by atomic mass is 32.1. The van der Waals surface area contributed by atoms with Gasteiger partial charge in [0.05, 0.1) is 6.20 Å². The minimum atomic E-state index is -0.911. The Kier molecular flexibility index (Phi) is 5.30. The summed E-state index contributed by atoms with van der Waals surface area (Å²) in [4.78, 5) is 13.1. The van der Waals surface area contributed by atoms with Gasteiger partial charge in [0.15, 0.2) is 26.4 Å². The number of anilines is 1. The van der Waals surface area contributed by atoms with Crippen molar-refractivity contribution in [2.45, 2.75) is 57.7 Å². The number of fused-ring (bicyclic) bond motifs is 1. The highest BCUT2D eigenvalue weighted by molar-refractivity contribution is 7.29. The number of nitrogens with zero attached hydrogens (tertiary/aromatic N) is 4. The molecule has 1 aliphatic heterocycles. The maximum atomic E-state index is 14.9. The van der Waals surface area contributed by atoms with E-state index in [-0.39, 0.29) is 22.2 Å². The van der Waals surface area contributed by atoms with Crippen LogP contribution < -0.4 is 10.2 Å². The van der Waals surface area contributed by atoms with Crippen molar-refractivity contribution in [1.82, 2.24) is 25.5 Å². The van der Waals surface area contributed by atoms with Gasteiger partial charge in [-0.05, 0) is 46.6 Å². The van der Waals surface area contributed by atoms with Gasteiger partial charge in [0.2, 0.25) is 0 Å². The topological polar surface area (TPSA) is 69.7 Å². The number of hydrogen-bond acceptors (Lipinski definition) is 7. The van der Waals surface area contributed by atoms with Crippen LogP contribution in [0.4, 0.5) is 13.9 Å². The molecule has 3 aromatic heterocycles. The molecule has 0 amide bonds. The Labute approximate surface area is 199 Å². The van der Waals surface area contributed by atoms with Gasteiger partial charge in [0, 0.05) is 47.1 Å². The molecule has 0 spiro atoms. The Bertz CT molecular complexity index is 1260. The monoisotopic (exact) mass is 488 g/mol. The SMILES string of the molecule is CN(c1nc2sc(-c3ccc(-c4cn[nH]c4)c(F)c3F)nc2s1)C1CC(C)(C)NC(C)(C)C1. The number of hydrogen-bond donors (Lipinski definition) is 2. The molecular formula is C23H26F2N6S2. The molecule has 4 heterocycles. The van der Waals surface area contributed by atoms with E-state index in [1.165, 1.54) is 35.1 Å². The van der Waals surface area contributed by atoms with E-state index in [9.17, 15) is 8.78 Å². The Morgan fingerprint density at radius 2 is 1.61 bits per heavy atom. The van der Waals surface area contributed by atoms with Crippen molar-refractivity contribution >= 4 is 37.5 Å². The van der Waals surface area contributed by atoms with Crippen molar-refractivity contribution in [3.05, 3.63) is 36.2 Å². The zero-order valence-electron chi connectivity index (χ0n) is 19.2. The van der Waals surface area contributed by atoms with Crippen molar-refractivity contribution in [1.29, 1.82) is 0 Å². The zero-order valence-corrected chi connectivity index (χ0v) is 20.8. The van der Waals surface area contributed by atoms with Crippen LogP contribution in [0.5, 0.6) is 0 Å². The van der Waals surface area contributed by atoms with Gasteiger partial charge >= 0.3 is 0 Å². The molecule has 0 atom stereocenters. The van der Waals surface area contributed by atoms with E-state index in [4.69, 9.17) is 4.98 Å². The third kappa shape index (κ3) is 4.15. The summed E-state index contributed by atoms with van der Waals surface area (Å²) in [5, 5.41) is 11.5. The number of benzene rings is 1. The van der Waals surface area contributed by atoms with Crippen molar-refractivity contribution in [3.63, 3.8) is 0 Å². The largest absolute Gasteiger partial charge is 0.348 e. The normalized spacial score (nSPS) is 18.2. The summed E-state index contributed by atoms with van der Waals surface area (Å²) in [6.07, 6.45) is 5.01. The fourth-order valence-corrected chi connectivity index (χ4v) is 7.02. The van der Waals surface area contributed by atoms with Gasteiger partial charge in [-0.1, -0.05) is 28.7 Å².